The van der Waals surface area contributed by atoms with Crippen molar-refractivity contribution < 1.29 is 9.66 Å². The van der Waals surface area contributed by atoms with Crippen LogP contribution in [0.1, 0.15) is 0 Å². The number of rotatable bonds is 4. The van der Waals surface area contributed by atoms with Crippen LogP contribution in [0.2, 0.25) is 0 Å². The molecule has 0 radical (unpaired) electrons. The third-order valence-electron chi connectivity index (χ3n) is 1.39. The Balaban J connectivity index is 2.88. The molecule has 7 heteroatoms. The van der Waals surface area contributed by atoms with Gasteiger partial charge in [0, 0.05) is 13.6 Å². The Morgan fingerprint density at radius 1 is 1.85 bits per heavy atom. The van der Waals surface area contributed by atoms with Crippen LogP contribution in [0.3, 0.4) is 0 Å². The summed E-state index contributed by atoms with van der Waals surface area (Å²) in [6.45, 7) is 0.544. The molecule has 0 spiro atoms. The van der Waals surface area contributed by atoms with Crippen LogP contribution in [0.25, 0.3) is 0 Å². The molecule has 0 atom stereocenters. The first-order valence-electron chi connectivity index (χ1n) is 3.65. The number of aromatic nitrogens is 2. The van der Waals surface area contributed by atoms with E-state index in [1.54, 1.807) is 7.05 Å². The van der Waals surface area contributed by atoms with Crippen LogP contribution in [-0.4, -0.2) is 27.6 Å². The van der Waals surface area contributed by atoms with Crippen molar-refractivity contribution in [1.29, 1.82) is 0 Å². The molecule has 1 aromatic rings. The Morgan fingerprint density at radius 3 is 3.08 bits per heavy atom. The van der Waals surface area contributed by atoms with Gasteiger partial charge in [0.2, 0.25) is 6.33 Å². The van der Waals surface area contributed by atoms with Gasteiger partial charge in [0.05, 0.1) is 0 Å². The molecule has 0 unspecified atom stereocenters. The van der Waals surface area contributed by atoms with Gasteiger partial charge in [-0.3, -0.25) is 4.57 Å². The van der Waals surface area contributed by atoms with E-state index in [9.17, 15) is 10.1 Å². The third kappa shape index (κ3) is 1.94. The molecule has 13 heavy (non-hydrogen) atoms. The minimum atomic E-state index is -0.591. The van der Waals surface area contributed by atoms with Crippen molar-refractivity contribution in [2.24, 2.45) is 12.8 Å². The largest absolute Gasteiger partial charge is 0.471 e. The average molecular weight is 186 g/mol. The highest BCUT2D eigenvalue weighted by Crippen LogP contribution is 2.23. The molecule has 2 N–H and O–H groups in total. The maximum atomic E-state index is 10.4. The van der Waals surface area contributed by atoms with Gasteiger partial charge in [-0.05, 0) is 9.91 Å². The van der Waals surface area contributed by atoms with Gasteiger partial charge in [0.1, 0.15) is 6.61 Å². The Kier molecular flexibility index (Phi) is 2.80. The minimum Gasteiger partial charge on any atom is -0.471 e. The molecule has 72 valence electrons. The molecule has 0 amide bonds. The number of hydrogen-bond acceptors (Lipinski definition) is 5. The second kappa shape index (κ2) is 3.85. The molecule has 0 aliphatic carbocycles. The summed E-state index contributed by atoms with van der Waals surface area (Å²) in [6, 6.07) is 0. The number of nitro groups is 1. The van der Waals surface area contributed by atoms with E-state index >= 15 is 0 Å². The fourth-order valence-electron chi connectivity index (χ4n) is 0.854. The molecular weight excluding hydrogens is 176 g/mol. The molecule has 0 saturated carbocycles. The Labute approximate surface area is 74.3 Å². The molecule has 0 aliphatic heterocycles. The maximum absolute atomic E-state index is 10.4. The monoisotopic (exact) mass is 186 g/mol. The van der Waals surface area contributed by atoms with Crippen molar-refractivity contribution in [3.8, 4) is 5.88 Å². The van der Waals surface area contributed by atoms with Crippen molar-refractivity contribution in [1.82, 2.24) is 9.55 Å². The average Bonchev–Trinajstić information content (AvgIpc) is 2.43. The van der Waals surface area contributed by atoms with Gasteiger partial charge in [-0.25, -0.2) is 0 Å². The highest BCUT2D eigenvalue weighted by atomic mass is 16.6. The molecule has 0 aliphatic rings. The molecular formula is C6H10N4O3. The number of nitrogens with zero attached hydrogens (tertiary/aromatic N) is 3. The van der Waals surface area contributed by atoms with E-state index in [0.29, 0.717) is 6.54 Å². The first-order valence-corrected chi connectivity index (χ1v) is 3.65. The van der Waals surface area contributed by atoms with E-state index in [4.69, 9.17) is 10.5 Å². The van der Waals surface area contributed by atoms with Crippen LogP contribution in [0, 0.1) is 10.1 Å². The fraction of sp³-hybridized carbons (Fsp3) is 0.500. The topological polar surface area (TPSA) is 96.2 Å². The Bertz CT molecular complexity index is 309. The van der Waals surface area contributed by atoms with Crippen LogP contribution in [0.5, 0.6) is 5.88 Å². The lowest BCUT2D eigenvalue weighted by atomic mass is 10.6. The van der Waals surface area contributed by atoms with E-state index in [2.05, 4.69) is 4.98 Å². The van der Waals surface area contributed by atoms with Crippen LogP contribution in [0.15, 0.2) is 6.33 Å². The molecule has 0 fully saturated rings. The maximum Gasteiger partial charge on any atom is 0.426 e. The zero-order chi connectivity index (χ0) is 9.84. The number of nitrogens with two attached hydrogens (primary N) is 1. The van der Waals surface area contributed by atoms with Gasteiger partial charge in [0.15, 0.2) is 0 Å². The summed E-state index contributed by atoms with van der Waals surface area (Å²) in [5.74, 6) is -0.147. The van der Waals surface area contributed by atoms with Gasteiger partial charge >= 0.3 is 5.82 Å². The third-order valence-corrected chi connectivity index (χ3v) is 1.39. The summed E-state index contributed by atoms with van der Waals surface area (Å²) in [5.41, 5.74) is 5.20. The molecule has 1 aromatic heterocycles. The summed E-state index contributed by atoms with van der Waals surface area (Å²) in [5, 5.41) is 10.4. The van der Waals surface area contributed by atoms with E-state index in [1.165, 1.54) is 10.9 Å². The lowest BCUT2D eigenvalue weighted by molar-refractivity contribution is -0.390. The number of aryl methyl sites for hydroxylation is 1. The zero-order valence-corrected chi connectivity index (χ0v) is 7.14. The molecule has 0 bridgehead atoms. The second-order valence-corrected chi connectivity index (χ2v) is 2.38. The van der Waals surface area contributed by atoms with Gasteiger partial charge in [-0.15, -0.1) is 0 Å². The molecule has 0 saturated heterocycles. The molecule has 0 aromatic carbocycles. The van der Waals surface area contributed by atoms with Crippen LogP contribution < -0.4 is 10.5 Å². The molecule has 1 heterocycles. The fourth-order valence-corrected chi connectivity index (χ4v) is 0.854. The minimum absolute atomic E-state index is 0.135. The van der Waals surface area contributed by atoms with E-state index in [0.717, 1.165) is 0 Å². The number of ether oxygens (including phenoxy) is 1. The van der Waals surface area contributed by atoms with Crippen molar-refractivity contribution in [2.45, 2.75) is 0 Å². The summed E-state index contributed by atoms with van der Waals surface area (Å²) < 4.78 is 6.49. The summed E-state index contributed by atoms with van der Waals surface area (Å²) >= 11 is 0. The van der Waals surface area contributed by atoms with Crippen LogP contribution in [-0.2, 0) is 7.05 Å². The Hall–Kier alpha value is -1.63. The van der Waals surface area contributed by atoms with Crippen LogP contribution in [0.4, 0.5) is 5.82 Å². The smallest absolute Gasteiger partial charge is 0.426 e. The zero-order valence-electron chi connectivity index (χ0n) is 7.14. The van der Waals surface area contributed by atoms with Gasteiger partial charge in [-0.1, -0.05) is 0 Å². The van der Waals surface area contributed by atoms with Gasteiger partial charge in [-0.2, -0.15) is 0 Å². The second-order valence-electron chi connectivity index (χ2n) is 2.38. The number of imidazole rings is 1. The first kappa shape index (κ1) is 9.46. The predicted octanol–water partition coefficient (Wildman–Crippen LogP) is -0.334. The van der Waals surface area contributed by atoms with Crippen molar-refractivity contribution in [2.75, 3.05) is 13.2 Å². The highest BCUT2D eigenvalue weighted by molar-refractivity contribution is 5.33. The highest BCUT2D eigenvalue weighted by Gasteiger charge is 2.21. The standard InChI is InChI=1S/C6H10N4O3/c1-9-4-8-5(10(11)12)6(9)13-3-2-7/h4H,2-3,7H2,1H3. The summed E-state index contributed by atoms with van der Waals surface area (Å²) in [7, 11) is 1.62. The normalized spacial score (nSPS) is 10.0. The van der Waals surface area contributed by atoms with Crippen molar-refractivity contribution in [3.05, 3.63) is 16.4 Å². The van der Waals surface area contributed by atoms with E-state index < -0.39 is 4.92 Å². The van der Waals surface area contributed by atoms with E-state index in [1.807, 2.05) is 0 Å². The van der Waals surface area contributed by atoms with E-state index in [-0.39, 0.29) is 18.3 Å². The van der Waals surface area contributed by atoms with Crippen LogP contribution >= 0.6 is 0 Å². The predicted molar refractivity (Wildman–Crippen MR) is 44.4 cm³/mol. The van der Waals surface area contributed by atoms with Gasteiger partial charge < -0.3 is 20.6 Å². The lowest BCUT2D eigenvalue weighted by Gasteiger charge is -2.02. The van der Waals surface area contributed by atoms with Gasteiger partial charge in [0.25, 0.3) is 5.88 Å². The quantitative estimate of drug-likeness (QED) is 0.512. The summed E-state index contributed by atoms with van der Waals surface area (Å²) in [6.07, 6.45) is 1.32. The Morgan fingerprint density at radius 2 is 2.54 bits per heavy atom. The molecule has 7 nitrogen and oxygen atoms in total. The first-order chi connectivity index (χ1) is 6.16. The van der Waals surface area contributed by atoms with Crippen molar-refractivity contribution >= 4 is 5.82 Å². The molecule has 1 rings (SSSR count). The number of hydrogen-bond donors (Lipinski definition) is 1. The van der Waals surface area contributed by atoms with Crippen molar-refractivity contribution in [3.63, 3.8) is 0 Å². The SMILES string of the molecule is Cn1cnc([N+](=O)[O-])c1OCCN. The summed E-state index contributed by atoms with van der Waals surface area (Å²) in [4.78, 5) is 13.4. The lowest BCUT2D eigenvalue weighted by Crippen LogP contribution is -2.12.